The van der Waals surface area contributed by atoms with E-state index in [1.165, 1.54) is 0 Å². The molecule has 0 radical (unpaired) electrons. The molecule has 106 valence electrons. The van der Waals surface area contributed by atoms with Crippen LogP contribution in [0.1, 0.15) is 0 Å². The molecule has 0 amide bonds. The lowest BCUT2D eigenvalue weighted by molar-refractivity contribution is 0.436. The van der Waals surface area contributed by atoms with E-state index in [0.29, 0.717) is 32.8 Å². The highest BCUT2D eigenvalue weighted by molar-refractivity contribution is 9.10. The lowest BCUT2D eigenvalue weighted by Gasteiger charge is -2.05. The summed E-state index contributed by atoms with van der Waals surface area (Å²) in [6, 6.07) is 12.9. The van der Waals surface area contributed by atoms with Gasteiger partial charge in [0.1, 0.15) is 0 Å². The van der Waals surface area contributed by atoms with Crippen molar-refractivity contribution in [3.05, 3.63) is 57.0 Å². The van der Waals surface area contributed by atoms with E-state index in [9.17, 15) is 0 Å². The number of rotatable bonds is 2. The Morgan fingerprint density at radius 1 is 1.05 bits per heavy atom. The Balaban J connectivity index is 2.19. The van der Waals surface area contributed by atoms with Crippen LogP contribution in [-0.4, -0.2) is 5.16 Å². The van der Waals surface area contributed by atoms with Gasteiger partial charge < -0.3 is 10.3 Å². The third kappa shape index (κ3) is 2.79. The number of nitrogens with two attached hydrogens (primary N) is 1. The molecule has 3 nitrogen and oxygen atoms in total. The molecule has 0 atom stereocenters. The van der Waals surface area contributed by atoms with Gasteiger partial charge in [-0.3, -0.25) is 0 Å². The summed E-state index contributed by atoms with van der Waals surface area (Å²) in [4.78, 5) is 0. The molecule has 0 unspecified atom stereocenters. The zero-order valence-electron chi connectivity index (χ0n) is 10.6. The van der Waals surface area contributed by atoms with Crippen LogP contribution in [-0.2, 0) is 0 Å². The van der Waals surface area contributed by atoms with Crippen LogP contribution >= 0.6 is 39.1 Å². The zero-order valence-corrected chi connectivity index (χ0v) is 13.7. The van der Waals surface area contributed by atoms with E-state index in [-0.39, 0.29) is 0 Å². The van der Waals surface area contributed by atoms with Crippen LogP contribution < -0.4 is 5.73 Å². The second kappa shape index (κ2) is 5.72. The van der Waals surface area contributed by atoms with Gasteiger partial charge in [-0.05, 0) is 35.9 Å². The first-order valence-corrected chi connectivity index (χ1v) is 7.57. The Hall–Kier alpha value is -1.49. The van der Waals surface area contributed by atoms with Gasteiger partial charge in [-0.1, -0.05) is 56.4 Å². The minimum Gasteiger partial charge on any atom is -0.380 e. The van der Waals surface area contributed by atoms with Crippen molar-refractivity contribution >= 4 is 44.9 Å². The predicted molar refractivity (Wildman–Crippen MR) is 89.5 cm³/mol. The lowest BCUT2D eigenvalue weighted by atomic mass is 10.0. The van der Waals surface area contributed by atoms with Crippen molar-refractivity contribution in [2.45, 2.75) is 0 Å². The molecule has 0 saturated heterocycles. The molecule has 0 bridgehead atoms. The molecule has 1 heterocycles. The molecular formula is C15H9BrCl2N2O. The van der Waals surface area contributed by atoms with Gasteiger partial charge in [0.25, 0.3) is 0 Å². The largest absolute Gasteiger partial charge is 0.380 e. The van der Waals surface area contributed by atoms with Crippen LogP contribution in [0.2, 0.25) is 10.0 Å². The molecule has 3 rings (SSSR count). The summed E-state index contributed by atoms with van der Waals surface area (Å²) in [5.74, 6) is 0.842. The smallest absolute Gasteiger partial charge is 0.178 e. The minimum absolute atomic E-state index is 0.318. The maximum atomic E-state index is 6.24. The fraction of sp³-hybridized carbons (Fsp3) is 0. The molecule has 0 aliphatic heterocycles. The van der Waals surface area contributed by atoms with Crippen molar-refractivity contribution in [1.29, 1.82) is 0 Å². The molecule has 0 fully saturated rings. The summed E-state index contributed by atoms with van der Waals surface area (Å²) in [6.45, 7) is 0. The highest BCUT2D eigenvalue weighted by Crippen LogP contribution is 2.40. The van der Waals surface area contributed by atoms with Crippen molar-refractivity contribution < 1.29 is 4.52 Å². The number of nitrogens with zero attached hydrogens (tertiary/aromatic N) is 1. The van der Waals surface area contributed by atoms with Gasteiger partial charge in [0, 0.05) is 15.1 Å². The summed E-state index contributed by atoms with van der Waals surface area (Å²) in [7, 11) is 0. The first kappa shape index (κ1) is 14.4. The van der Waals surface area contributed by atoms with Crippen molar-refractivity contribution in [1.82, 2.24) is 5.16 Å². The molecule has 0 aliphatic carbocycles. The summed E-state index contributed by atoms with van der Waals surface area (Å²) in [6.07, 6.45) is 0. The molecule has 0 saturated carbocycles. The van der Waals surface area contributed by atoms with Crippen LogP contribution in [0.5, 0.6) is 0 Å². The topological polar surface area (TPSA) is 52.0 Å². The van der Waals surface area contributed by atoms with Crippen molar-refractivity contribution in [2.75, 3.05) is 5.73 Å². The second-order valence-electron chi connectivity index (χ2n) is 4.40. The van der Waals surface area contributed by atoms with Crippen LogP contribution in [0, 0.1) is 0 Å². The number of hydrogen-bond acceptors (Lipinski definition) is 3. The van der Waals surface area contributed by atoms with Crippen molar-refractivity contribution in [2.24, 2.45) is 0 Å². The van der Waals surface area contributed by atoms with E-state index in [0.717, 1.165) is 10.0 Å². The van der Waals surface area contributed by atoms with Crippen molar-refractivity contribution in [3.63, 3.8) is 0 Å². The summed E-state index contributed by atoms with van der Waals surface area (Å²) >= 11 is 15.6. The monoisotopic (exact) mass is 382 g/mol. The maximum Gasteiger partial charge on any atom is 0.178 e. The summed E-state index contributed by atoms with van der Waals surface area (Å²) in [5.41, 5.74) is 8.26. The Morgan fingerprint density at radius 2 is 1.76 bits per heavy atom. The average molecular weight is 384 g/mol. The normalized spacial score (nSPS) is 10.8. The van der Waals surface area contributed by atoms with E-state index in [1.807, 2.05) is 24.3 Å². The molecule has 6 heteroatoms. The van der Waals surface area contributed by atoms with Gasteiger partial charge in [0.15, 0.2) is 11.6 Å². The van der Waals surface area contributed by atoms with Crippen LogP contribution in [0.3, 0.4) is 0 Å². The molecule has 0 aliphatic rings. The van der Waals surface area contributed by atoms with Gasteiger partial charge in [-0.25, -0.2) is 0 Å². The molecule has 21 heavy (non-hydrogen) atoms. The quantitative estimate of drug-likeness (QED) is 0.621. The predicted octanol–water partition coefficient (Wildman–Crippen LogP) is 5.66. The van der Waals surface area contributed by atoms with Crippen LogP contribution in [0.4, 0.5) is 5.82 Å². The third-order valence-corrected chi connectivity index (χ3v) is 4.10. The molecule has 2 aromatic carbocycles. The van der Waals surface area contributed by atoms with E-state index in [4.69, 9.17) is 33.5 Å². The summed E-state index contributed by atoms with van der Waals surface area (Å²) < 4.78 is 6.35. The highest BCUT2D eigenvalue weighted by Gasteiger charge is 2.19. The van der Waals surface area contributed by atoms with Crippen LogP contribution in [0.15, 0.2) is 51.5 Å². The maximum absolute atomic E-state index is 6.24. The Kier molecular flexibility index (Phi) is 3.93. The van der Waals surface area contributed by atoms with Gasteiger partial charge >= 0.3 is 0 Å². The number of anilines is 1. The van der Waals surface area contributed by atoms with E-state index in [1.54, 1.807) is 18.2 Å². The molecule has 1 aromatic heterocycles. The van der Waals surface area contributed by atoms with Gasteiger partial charge in [0.2, 0.25) is 0 Å². The molecule has 2 N–H and O–H groups in total. The molecular weight excluding hydrogens is 375 g/mol. The zero-order chi connectivity index (χ0) is 15.0. The first-order chi connectivity index (χ1) is 10.1. The summed E-state index contributed by atoms with van der Waals surface area (Å²) in [5, 5.41) is 4.89. The van der Waals surface area contributed by atoms with E-state index in [2.05, 4.69) is 21.1 Å². The minimum atomic E-state index is 0.318. The van der Waals surface area contributed by atoms with Crippen LogP contribution in [0.25, 0.3) is 22.5 Å². The fourth-order valence-electron chi connectivity index (χ4n) is 2.06. The number of aromatic nitrogens is 1. The SMILES string of the molecule is Nc1noc(-c2ccc(Cl)cc2Cl)c1-c1ccc(Br)cc1. The van der Waals surface area contributed by atoms with Gasteiger partial charge in [0.05, 0.1) is 10.6 Å². The number of nitrogen functional groups attached to an aromatic ring is 1. The fourth-order valence-corrected chi connectivity index (χ4v) is 2.81. The Morgan fingerprint density at radius 3 is 2.43 bits per heavy atom. The third-order valence-electron chi connectivity index (χ3n) is 3.03. The lowest BCUT2D eigenvalue weighted by Crippen LogP contribution is -1.89. The molecule has 0 spiro atoms. The van der Waals surface area contributed by atoms with Crippen molar-refractivity contribution in [3.8, 4) is 22.5 Å². The van der Waals surface area contributed by atoms with Gasteiger partial charge in [-0.2, -0.15) is 0 Å². The Labute approximate surface area is 139 Å². The highest BCUT2D eigenvalue weighted by atomic mass is 79.9. The van der Waals surface area contributed by atoms with E-state index >= 15 is 0 Å². The van der Waals surface area contributed by atoms with E-state index < -0.39 is 0 Å². The molecule has 3 aromatic rings. The number of benzene rings is 2. The average Bonchev–Trinajstić information content (AvgIpc) is 2.82. The standard InChI is InChI=1S/C15H9BrCl2N2O/c16-9-3-1-8(2-4-9)13-14(21-20-15(13)19)11-6-5-10(17)7-12(11)18/h1-7H,(H2,19,20). The number of hydrogen-bond donors (Lipinski definition) is 1. The Bertz CT molecular complexity index is 800. The van der Waals surface area contributed by atoms with Gasteiger partial charge in [-0.15, -0.1) is 0 Å². The number of halogens is 3. The second-order valence-corrected chi connectivity index (χ2v) is 6.16. The first-order valence-electron chi connectivity index (χ1n) is 6.03.